The molecule has 0 bridgehead atoms. The zero-order valence-electron chi connectivity index (χ0n) is 6.20. The van der Waals surface area contributed by atoms with Crippen LogP contribution >= 0.6 is 0 Å². The molecule has 0 atom stereocenters. The summed E-state index contributed by atoms with van der Waals surface area (Å²) in [4.78, 5) is 7.98. The molecule has 0 saturated carbocycles. The van der Waals surface area contributed by atoms with Crippen molar-refractivity contribution in [3.8, 4) is 0 Å². The van der Waals surface area contributed by atoms with E-state index in [1.807, 2.05) is 31.2 Å². The normalized spacial score (nSPS) is 10.3. The van der Waals surface area contributed by atoms with Crippen molar-refractivity contribution >= 4 is 10.9 Å². The van der Waals surface area contributed by atoms with Gasteiger partial charge in [0.15, 0.2) is 6.33 Å². The summed E-state index contributed by atoms with van der Waals surface area (Å²) >= 11 is 0. The van der Waals surface area contributed by atoms with Gasteiger partial charge in [0.2, 0.25) is 0 Å². The summed E-state index contributed by atoms with van der Waals surface area (Å²) in [7, 11) is 0. The summed E-state index contributed by atoms with van der Waals surface area (Å²) in [6.07, 6.45) is 2.60. The van der Waals surface area contributed by atoms with Gasteiger partial charge in [0.05, 0.1) is 5.52 Å². The Morgan fingerprint density at radius 2 is 2.00 bits per heavy atom. The van der Waals surface area contributed by atoms with Crippen molar-refractivity contribution in [2.45, 2.75) is 6.92 Å². The Morgan fingerprint density at radius 3 is 2.82 bits per heavy atom. The van der Waals surface area contributed by atoms with Crippen LogP contribution in [0.2, 0.25) is 0 Å². The maximum atomic E-state index is 4.01. The molecule has 0 unspecified atom stereocenters. The Hall–Kier alpha value is -1.44. The van der Waals surface area contributed by atoms with Crippen LogP contribution in [0, 0.1) is 13.3 Å². The van der Waals surface area contributed by atoms with E-state index in [1.165, 1.54) is 0 Å². The summed E-state index contributed by atoms with van der Waals surface area (Å²) in [6, 6.07) is 7.92. The van der Waals surface area contributed by atoms with Crippen LogP contribution in [-0.4, -0.2) is 9.97 Å². The van der Waals surface area contributed by atoms with Crippen molar-refractivity contribution in [2.75, 3.05) is 0 Å². The van der Waals surface area contributed by atoms with Gasteiger partial charge >= 0.3 is 0 Å². The molecule has 2 nitrogen and oxygen atoms in total. The zero-order chi connectivity index (χ0) is 7.68. The van der Waals surface area contributed by atoms with Crippen LogP contribution in [0.1, 0.15) is 5.69 Å². The smallest absolute Gasteiger partial charge is 0.198 e. The van der Waals surface area contributed by atoms with E-state index in [0.717, 1.165) is 16.6 Å². The van der Waals surface area contributed by atoms with Gasteiger partial charge in [-0.1, -0.05) is 18.2 Å². The second-order valence-corrected chi connectivity index (χ2v) is 2.43. The minimum Gasteiger partial charge on any atom is -0.230 e. The third kappa shape index (κ3) is 0.963. The van der Waals surface area contributed by atoms with Gasteiger partial charge in [0.1, 0.15) is 0 Å². The Kier molecular flexibility index (Phi) is 1.32. The topological polar surface area (TPSA) is 25.8 Å². The van der Waals surface area contributed by atoms with Gasteiger partial charge in [-0.3, -0.25) is 0 Å². The maximum absolute atomic E-state index is 4.01. The predicted octanol–water partition coefficient (Wildman–Crippen LogP) is 1.74. The number of aryl methyl sites for hydroxylation is 1. The first-order valence-corrected chi connectivity index (χ1v) is 3.47. The number of hydrogen-bond acceptors (Lipinski definition) is 2. The van der Waals surface area contributed by atoms with Crippen LogP contribution in [0.25, 0.3) is 10.9 Å². The minimum absolute atomic E-state index is 0.958. The monoisotopic (exact) mass is 143 g/mol. The molecular weight excluding hydrogens is 136 g/mol. The molecular formula is C9H7N2. The quantitative estimate of drug-likeness (QED) is 0.561. The standard InChI is InChI=1S/C9H7N2/c1-7-8-4-2-3-5-9(8)11-6-10-7/h2-5H,1H3. The van der Waals surface area contributed by atoms with E-state index < -0.39 is 0 Å². The van der Waals surface area contributed by atoms with Gasteiger partial charge < -0.3 is 0 Å². The van der Waals surface area contributed by atoms with Crippen LogP contribution in [0.5, 0.6) is 0 Å². The highest BCUT2D eigenvalue weighted by Gasteiger charge is 1.95. The molecule has 0 N–H and O–H groups in total. The molecule has 53 valence electrons. The lowest BCUT2D eigenvalue weighted by atomic mass is 10.2. The molecule has 1 radical (unpaired) electrons. The number of benzene rings is 1. The van der Waals surface area contributed by atoms with Gasteiger partial charge in [0, 0.05) is 11.1 Å². The van der Waals surface area contributed by atoms with Crippen LogP contribution < -0.4 is 0 Å². The number of fused-ring (bicyclic) bond motifs is 1. The fraction of sp³-hybridized carbons (Fsp3) is 0.111. The fourth-order valence-corrected chi connectivity index (χ4v) is 1.09. The summed E-state index contributed by atoms with van der Waals surface area (Å²) in [5, 5.41) is 1.10. The molecule has 1 heterocycles. The zero-order valence-corrected chi connectivity index (χ0v) is 6.20. The van der Waals surface area contributed by atoms with Gasteiger partial charge in [-0.15, -0.1) is 0 Å². The van der Waals surface area contributed by atoms with Crippen LogP contribution in [-0.2, 0) is 0 Å². The third-order valence-corrected chi connectivity index (χ3v) is 1.68. The molecule has 2 heteroatoms. The molecule has 0 aliphatic rings. The maximum Gasteiger partial charge on any atom is 0.198 e. The lowest BCUT2D eigenvalue weighted by molar-refractivity contribution is 1.13. The highest BCUT2D eigenvalue weighted by molar-refractivity contribution is 5.79. The Balaban J connectivity index is 2.91. The van der Waals surface area contributed by atoms with Crippen LogP contribution in [0.15, 0.2) is 24.3 Å². The van der Waals surface area contributed by atoms with Crippen molar-refractivity contribution in [1.29, 1.82) is 0 Å². The lowest BCUT2D eigenvalue weighted by Crippen LogP contribution is -1.86. The molecule has 0 aliphatic heterocycles. The van der Waals surface area contributed by atoms with Crippen molar-refractivity contribution in [1.82, 2.24) is 9.97 Å². The Bertz CT molecular complexity index is 377. The molecule has 2 aromatic rings. The number of rotatable bonds is 0. The molecule has 0 aliphatic carbocycles. The van der Waals surface area contributed by atoms with Crippen molar-refractivity contribution in [2.24, 2.45) is 0 Å². The van der Waals surface area contributed by atoms with Gasteiger partial charge in [-0.25, -0.2) is 9.97 Å². The summed E-state index contributed by atoms with van der Waals surface area (Å²) in [5.74, 6) is 0. The first kappa shape index (κ1) is 6.28. The molecule has 0 saturated heterocycles. The first-order valence-electron chi connectivity index (χ1n) is 3.47. The summed E-state index contributed by atoms with van der Waals surface area (Å²) in [6.45, 7) is 1.96. The number of para-hydroxylation sites is 1. The van der Waals surface area contributed by atoms with Crippen molar-refractivity contribution in [3.05, 3.63) is 36.3 Å². The third-order valence-electron chi connectivity index (χ3n) is 1.68. The number of nitrogens with zero attached hydrogens (tertiary/aromatic N) is 2. The fourth-order valence-electron chi connectivity index (χ4n) is 1.09. The van der Waals surface area contributed by atoms with E-state index >= 15 is 0 Å². The molecule has 11 heavy (non-hydrogen) atoms. The van der Waals surface area contributed by atoms with Gasteiger partial charge in [-0.05, 0) is 13.0 Å². The molecule has 0 fully saturated rings. The highest BCUT2D eigenvalue weighted by Crippen LogP contribution is 2.11. The summed E-state index contributed by atoms with van der Waals surface area (Å²) in [5.41, 5.74) is 1.94. The van der Waals surface area contributed by atoms with Crippen molar-refractivity contribution in [3.63, 3.8) is 0 Å². The molecule has 0 spiro atoms. The molecule has 2 rings (SSSR count). The van der Waals surface area contributed by atoms with E-state index in [9.17, 15) is 0 Å². The first-order chi connectivity index (χ1) is 5.38. The lowest BCUT2D eigenvalue weighted by Gasteiger charge is -1.96. The van der Waals surface area contributed by atoms with Crippen LogP contribution in [0.4, 0.5) is 0 Å². The molecule has 0 amide bonds. The second-order valence-electron chi connectivity index (χ2n) is 2.43. The minimum atomic E-state index is 0.958. The average molecular weight is 143 g/mol. The number of hydrogen-bond donors (Lipinski definition) is 0. The SMILES string of the molecule is Cc1n[c]nc2ccccc12. The highest BCUT2D eigenvalue weighted by atomic mass is 14.8. The van der Waals surface area contributed by atoms with E-state index in [-0.39, 0.29) is 0 Å². The predicted molar refractivity (Wildman–Crippen MR) is 43.1 cm³/mol. The Labute approximate surface area is 64.9 Å². The van der Waals surface area contributed by atoms with Crippen molar-refractivity contribution < 1.29 is 0 Å². The molecule has 1 aromatic heterocycles. The van der Waals surface area contributed by atoms with E-state index in [1.54, 1.807) is 0 Å². The largest absolute Gasteiger partial charge is 0.230 e. The molecule has 1 aromatic carbocycles. The van der Waals surface area contributed by atoms with Gasteiger partial charge in [0.25, 0.3) is 0 Å². The second kappa shape index (κ2) is 2.31. The summed E-state index contributed by atoms with van der Waals surface area (Å²) < 4.78 is 0. The number of aromatic nitrogens is 2. The average Bonchev–Trinajstić information content (AvgIpc) is 2.06. The van der Waals surface area contributed by atoms with E-state index in [0.29, 0.717) is 0 Å². The van der Waals surface area contributed by atoms with Crippen LogP contribution in [0.3, 0.4) is 0 Å². The van der Waals surface area contributed by atoms with E-state index in [4.69, 9.17) is 0 Å². The van der Waals surface area contributed by atoms with E-state index in [2.05, 4.69) is 16.3 Å². The Morgan fingerprint density at radius 1 is 1.18 bits per heavy atom. The van der Waals surface area contributed by atoms with Gasteiger partial charge in [-0.2, -0.15) is 0 Å².